The maximum Gasteiger partial charge on any atom is 0.252 e. The van der Waals surface area contributed by atoms with Gasteiger partial charge in [-0.3, -0.25) is 9.59 Å². The summed E-state index contributed by atoms with van der Waals surface area (Å²) in [4.78, 5) is 29.9. The molecular weight excluding hydrogens is 469 g/mol. The minimum absolute atomic E-state index is 0.0170. The molecular formula is C27H25Cl2N3O2. The van der Waals surface area contributed by atoms with Gasteiger partial charge < -0.3 is 9.88 Å². The van der Waals surface area contributed by atoms with E-state index >= 15 is 0 Å². The molecule has 4 aromatic rings. The molecule has 1 aromatic heterocycles. The maximum atomic E-state index is 12.9. The number of amides is 1. The van der Waals surface area contributed by atoms with Crippen LogP contribution in [0.25, 0.3) is 11.0 Å². The first-order valence-electron chi connectivity index (χ1n) is 11.3. The summed E-state index contributed by atoms with van der Waals surface area (Å²) < 4.78 is 2.01. The van der Waals surface area contributed by atoms with Crippen LogP contribution in [0.2, 0.25) is 10.0 Å². The number of rotatable bonds is 10. The fraction of sp³-hybridized carbons (Fsp3) is 0.222. The van der Waals surface area contributed by atoms with Crippen molar-refractivity contribution >= 4 is 45.9 Å². The van der Waals surface area contributed by atoms with Gasteiger partial charge in [-0.05, 0) is 61.4 Å². The highest BCUT2D eigenvalue weighted by molar-refractivity contribution is 6.33. The van der Waals surface area contributed by atoms with E-state index in [-0.39, 0.29) is 18.2 Å². The second-order valence-electron chi connectivity index (χ2n) is 8.08. The summed E-state index contributed by atoms with van der Waals surface area (Å²) in [5.41, 5.74) is 2.95. The number of Topliss-reactive ketones (excluding diaryl/α,β-unsaturated/α-hetero) is 1. The van der Waals surface area contributed by atoms with Crippen LogP contribution in [-0.2, 0) is 13.0 Å². The SMILES string of the molecule is O=C(Cn1c(CCCCCNC(=O)c2ccccc2Cl)nc2ccccc21)c1ccc(Cl)cc1. The van der Waals surface area contributed by atoms with Gasteiger partial charge in [0.1, 0.15) is 5.82 Å². The highest BCUT2D eigenvalue weighted by Crippen LogP contribution is 2.20. The minimum atomic E-state index is -0.159. The van der Waals surface area contributed by atoms with Gasteiger partial charge in [0.05, 0.1) is 28.2 Å². The molecule has 3 aromatic carbocycles. The summed E-state index contributed by atoms with van der Waals surface area (Å²) in [5.74, 6) is 0.750. The van der Waals surface area contributed by atoms with Gasteiger partial charge in [0, 0.05) is 23.6 Å². The zero-order valence-electron chi connectivity index (χ0n) is 18.6. The van der Waals surface area contributed by atoms with Crippen LogP contribution in [-0.4, -0.2) is 27.8 Å². The van der Waals surface area contributed by atoms with Crippen molar-refractivity contribution in [2.45, 2.75) is 32.2 Å². The number of para-hydroxylation sites is 2. The van der Waals surface area contributed by atoms with Crippen molar-refractivity contribution in [2.75, 3.05) is 6.54 Å². The number of fused-ring (bicyclic) bond motifs is 1. The van der Waals surface area contributed by atoms with Crippen LogP contribution >= 0.6 is 23.2 Å². The Morgan fingerprint density at radius 2 is 1.59 bits per heavy atom. The Hall–Kier alpha value is -3.15. The quantitative estimate of drug-likeness (QED) is 0.206. The first kappa shape index (κ1) is 24.0. The van der Waals surface area contributed by atoms with Gasteiger partial charge in [0.25, 0.3) is 5.91 Å². The van der Waals surface area contributed by atoms with E-state index < -0.39 is 0 Å². The molecule has 0 saturated carbocycles. The van der Waals surface area contributed by atoms with Crippen molar-refractivity contribution < 1.29 is 9.59 Å². The Kier molecular flexibility index (Phi) is 7.99. The van der Waals surface area contributed by atoms with Gasteiger partial charge >= 0.3 is 0 Å². The first-order chi connectivity index (χ1) is 16.5. The first-order valence-corrected chi connectivity index (χ1v) is 12.0. The smallest absolute Gasteiger partial charge is 0.252 e. The maximum absolute atomic E-state index is 12.9. The van der Waals surface area contributed by atoms with E-state index in [1.807, 2.05) is 28.8 Å². The molecule has 1 heterocycles. The lowest BCUT2D eigenvalue weighted by molar-refractivity contribution is 0.0950. The van der Waals surface area contributed by atoms with Crippen molar-refractivity contribution in [1.82, 2.24) is 14.9 Å². The molecule has 174 valence electrons. The number of carbonyl (C=O) groups is 2. The molecule has 7 heteroatoms. The molecule has 0 fully saturated rings. The van der Waals surface area contributed by atoms with Gasteiger partial charge in [0.15, 0.2) is 5.78 Å². The third-order valence-electron chi connectivity index (χ3n) is 5.68. The second kappa shape index (κ2) is 11.3. The van der Waals surface area contributed by atoms with E-state index in [4.69, 9.17) is 28.2 Å². The number of benzene rings is 3. The third kappa shape index (κ3) is 5.85. The fourth-order valence-electron chi connectivity index (χ4n) is 3.89. The van der Waals surface area contributed by atoms with Crippen molar-refractivity contribution in [2.24, 2.45) is 0 Å². The number of nitrogens with zero attached hydrogens (tertiary/aromatic N) is 2. The van der Waals surface area contributed by atoms with Crippen LogP contribution in [0.3, 0.4) is 0 Å². The lowest BCUT2D eigenvalue weighted by atomic mass is 10.1. The molecule has 0 spiro atoms. The van der Waals surface area contributed by atoms with Crippen LogP contribution in [0, 0.1) is 0 Å². The molecule has 0 atom stereocenters. The van der Waals surface area contributed by atoms with Crippen LogP contribution in [0.1, 0.15) is 45.8 Å². The Bertz CT molecular complexity index is 1300. The van der Waals surface area contributed by atoms with E-state index in [9.17, 15) is 9.59 Å². The van der Waals surface area contributed by atoms with Crippen molar-refractivity contribution in [1.29, 1.82) is 0 Å². The number of hydrogen-bond acceptors (Lipinski definition) is 3. The van der Waals surface area contributed by atoms with Crippen molar-refractivity contribution in [3.05, 3.63) is 99.8 Å². The highest BCUT2D eigenvalue weighted by atomic mass is 35.5. The average Bonchev–Trinajstić information content (AvgIpc) is 3.19. The predicted molar refractivity (Wildman–Crippen MR) is 137 cm³/mol. The van der Waals surface area contributed by atoms with Crippen LogP contribution in [0.5, 0.6) is 0 Å². The monoisotopic (exact) mass is 493 g/mol. The fourth-order valence-corrected chi connectivity index (χ4v) is 4.24. The van der Waals surface area contributed by atoms with Gasteiger partial charge in [-0.25, -0.2) is 4.98 Å². The van der Waals surface area contributed by atoms with Crippen molar-refractivity contribution in [3.63, 3.8) is 0 Å². The molecule has 0 aliphatic heterocycles. The van der Waals surface area contributed by atoms with Gasteiger partial charge in [-0.2, -0.15) is 0 Å². The molecule has 0 aliphatic carbocycles. The lowest BCUT2D eigenvalue weighted by Gasteiger charge is -2.10. The highest BCUT2D eigenvalue weighted by Gasteiger charge is 2.15. The summed E-state index contributed by atoms with van der Waals surface area (Å²) in [6, 6.07) is 21.8. The molecule has 1 N–H and O–H groups in total. The molecule has 0 bridgehead atoms. The number of hydrogen-bond donors (Lipinski definition) is 1. The molecule has 1 amide bonds. The third-order valence-corrected chi connectivity index (χ3v) is 6.26. The summed E-state index contributed by atoms with van der Waals surface area (Å²) in [6.45, 7) is 0.806. The number of imidazole rings is 1. The molecule has 0 aliphatic rings. The number of aryl methyl sites for hydroxylation is 1. The predicted octanol–water partition coefficient (Wildman–Crippen LogP) is 6.37. The van der Waals surface area contributed by atoms with E-state index in [0.717, 1.165) is 42.5 Å². The van der Waals surface area contributed by atoms with E-state index in [0.29, 0.717) is 27.7 Å². The van der Waals surface area contributed by atoms with Gasteiger partial charge in [-0.1, -0.05) is 53.9 Å². The van der Waals surface area contributed by atoms with Crippen LogP contribution < -0.4 is 5.32 Å². The standard InChI is InChI=1S/C27H25Cl2N3O2/c28-20-15-13-19(14-16-20)25(33)18-32-24-11-6-5-10-23(24)31-26(32)12-2-1-7-17-30-27(34)21-8-3-4-9-22(21)29/h3-6,8-11,13-16H,1-2,7,12,17-18H2,(H,30,34). The largest absolute Gasteiger partial charge is 0.352 e. The van der Waals surface area contributed by atoms with E-state index in [1.54, 1.807) is 48.5 Å². The molecule has 0 saturated heterocycles. The summed E-state index contributed by atoms with van der Waals surface area (Å²) in [5, 5.41) is 3.98. The zero-order valence-corrected chi connectivity index (χ0v) is 20.1. The zero-order chi connectivity index (χ0) is 23.9. The number of aromatic nitrogens is 2. The molecule has 0 unspecified atom stereocenters. The van der Waals surface area contributed by atoms with Gasteiger partial charge in [-0.15, -0.1) is 0 Å². The van der Waals surface area contributed by atoms with Crippen molar-refractivity contribution in [3.8, 4) is 0 Å². The molecule has 4 rings (SSSR count). The number of halogens is 2. The normalized spacial score (nSPS) is 11.0. The van der Waals surface area contributed by atoms with E-state index in [2.05, 4.69) is 5.32 Å². The Morgan fingerprint density at radius 1 is 0.853 bits per heavy atom. The van der Waals surface area contributed by atoms with Crippen LogP contribution in [0.15, 0.2) is 72.8 Å². The van der Waals surface area contributed by atoms with Gasteiger partial charge in [0.2, 0.25) is 0 Å². The molecule has 0 radical (unpaired) electrons. The summed E-state index contributed by atoms with van der Waals surface area (Å²) in [6.07, 6.45) is 3.43. The lowest BCUT2D eigenvalue weighted by Crippen LogP contribution is -2.24. The number of carbonyl (C=O) groups excluding carboxylic acids is 2. The molecule has 5 nitrogen and oxygen atoms in total. The Morgan fingerprint density at radius 3 is 2.38 bits per heavy atom. The Balaban J connectivity index is 1.34. The second-order valence-corrected chi connectivity index (χ2v) is 8.92. The number of unbranched alkanes of at least 4 members (excludes halogenated alkanes) is 2. The Labute approximate surface area is 208 Å². The average molecular weight is 494 g/mol. The summed E-state index contributed by atoms with van der Waals surface area (Å²) in [7, 11) is 0. The summed E-state index contributed by atoms with van der Waals surface area (Å²) >= 11 is 12.0. The minimum Gasteiger partial charge on any atom is -0.352 e. The number of ketones is 1. The number of nitrogens with one attached hydrogen (secondary N) is 1. The van der Waals surface area contributed by atoms with Crippen LogP contribution in [0.4, 0.5) is 0 Å². The van der Waals surface area contributed by atoms with E-state index in [1.165, 1.54) is 0 Å². The topological polar surface area (TPSA) is 64.0 Å². The molecule has 34 heavy (non-hydrogen) atoms.